The first kappa shape index (κ1) is 18.0. The van der Waals surface area contributed by atoms with Crippen molar-refractivity contribution in [2.75, 3.05) is 19.6 Å². The molecule has 6 heteroatoms. The fourth-order valence-electron chi connectivity index (χ4n) is 4.46. The monoisotopic (exact) mass is 322 g/mol. The summed E-state index contributed by atoms with van der Waals surface area (Å²) >= 11 is 0. The van der Waals surface area contributed by atoms with Gasteiger partial charge in [0.15, 0.2) is 0 Å². The number of aliphatic imine (C=N–C) groups is 1. The number of amides is 2. The minimum Gasteiger partial charge on any atom is -0.335 e. The molecule has 2 rings (SSSR count). The maximum atomic E-state index is 12.3. The molecule has 3 N–H and O–H groups in total. The Balaban J connectivity index is 1.92. The van der Waals surface area contributed by atoms with Crippen LogP contribution in [-0.2, 0) is 4.79 Å². The Labute approximate surface area is 138 Å². The summed E-state index contributed by atoms with van der Waals surface area (Å²) in [6, 6.07) is 0.312. The Kier molecular flexibility index (Phi) is 5.82. The summed E-state index contributed by atoms with van der Waals surface area (Å²) in [6.45, 7) is 8.98. The number of hydrogen-bond acceptors (Lipinski definition) is 4. The van der Waals surface area contributed by atoms with Crippen LogP contribution >= 0.6 is 0 Å². The molecule has 2 amide bonds. The molecule has 0 aromatic heterocycles. The Morgan fingerprint density at radius 1 is 1.17 bits per heavy atom. The zero-order chi connectivity index (χ0) is 16.9. The molecule has 0 aromatic rings. The first-order chi connectivity index (χ1) is 10.8. The van der Waals surface area contributed by atoms with Crippen molar-refractivity contribution >= 4 is 12.1 Å². The number of carbonyl (C=O) groups excluding carboxylic acids is 2. The summed E-state index contributed by atoms with van der Waals surface area (Å²) in [5, 5.41) is 9.53. The van der Waals surface area contributed by atoms with Crippen molar-refractivity contribution in [3.05, 3.63) is 0 Å². The minimum atomic E-state index is -0.0687. The zero-order valence-corrected chi connectivity index (χ0v) is 14.6. The largest absolute Gasteiger partial charge is 0.335 e. The van der Waals surface area contributed by atoms with Crippen LogP contribution in [0.25, 0.3) is 0 Å². The lowest BCUT2D eigenvalue weighted by atomic mass is 9.62. The van der Waals surface area contributed by atoms with Crippen LogP contribution < -0.4 is 16.0 Å². The Morgan fingerprint density at radius 2 is 1.83 bits per heavy atom. The highest BCUT2D eigenvalue weighted by atomic mass is 16.2. The van der Waals surface area contributed by atoms with Gasteiger partial charge in [-0.15, -0.1) is 0 Å². The lowest BCUT2D eigenvalue weighted by molar-refractivity contribution is 0.0804. The van der Waals surface area contributed by atoms with E-state index in [1.54, 1.807) is 6.08 Å². The minimum absolute atomic E-state index is 0.0636. The van der Waals surface area contributed by atoms with Crippen LogP contribution in [0.2, 0.25) is 0 Å². The molecule has 0 radical (unpaired) electrons. The highest BCUT2D eigenvalue weighted by Gasteiger charge is 2.41. The smallest absolute Gasteiger partial charge is 0.315 e. The van der Waals surface area contributed by atoms with E-state index in [1.165, 1.54) is 0 Å². The highest BCUT2D eigenvalue weighted by molar-refractivity contribution is 5.74. The predicted octanol–water partition coefficient (Wildman–Crippen LogP) is 1.96. The third kappa shape index (κ3) is 5.63. The summed E-state index contributed by atoms with van der Waals surface area (Å²) in [4.78, 5) is 26.5. The molecule has 1 heterocycles. The van der Waals surface area contributed by atoms with Gasteiger partial charge in [-0.3, -0.25) is 0 Å². The lowest BCUT2D eigenvalue weighted by Crippen LogP contribution is -2.53. The van der Waals surface area contributed by atoms with Crippen molar-refractivity contribution < 1.29 is 9.59 Å². The van der Waals surface area contributed by atoms with Gasteiger partial charge in [0.05, 0.1) is 6.54 Å². The topological polar surface area (TPSA) is 82.6 Å². The van der Waals surface area contributed by atoms with Gasteiger partial charge in [-0.25, -0.2) is 14.6 Å². The molecule has 23 heavy (non-hydrogen) atoms. The van der Waals surface area contributed by atoms with E-state index in [0.717, 1.165) is 45.2 Å². The Bertz CT molecular complexity index is 467. The summed E-state index contributed by atoms with van der Waals surface area (Å²) in [6.07, 6.45) is 6.41. The van der Waals surface area contributed by atoms with Crippen LogP contribution in [0.3, 0.4) is 0 Å². The molecule has 2 aliphatic rings. The molecule has 0 aromatic carbocycles. The van der Waals surface area contributed by atoms with Gasteiger partial charge in [-0.1, -0.05) is 20.8 Å². The molecule has 2 atom stereocenters. The van der Waals surface area contributed by atoms with E-state index in [9.17, 15) is 9.59 Å². The Morgan fingerprint density at radius 3 is 2.48 bits per heavy atom. The second kappa shape index (κ2) is 7.45. The normalized spacial score (nSPS) is 31.0. The van der Waals surface area contributed by atoms with Crippen molar-refractivity contribution in [1.29, 1.82) is 0 Å². The molecule has 1 saturated carbocycles. The quantitative estimate of drug-likeness (QED) is 0.546. The van der Waals surface area contributed by atoms with Crippen LogP contribution in [0.5, 0.6) is 0 Å². The van der Waals surface area contributed by atoms with Crippen LogP contribution in [0, 0.1) is 10.8 Å². The number of rotatable bonds is 4. The van der Waals surface area contributed by atoms with Crippen LogP contribution in [0.15, 0.2) is 4.99 Å². The molecule has 1 saturated heterocycles. The zero-order valence-electron chi connectivity index (χ0n) is 14.6. The van der Waals surface area contributed by atoms with Gasteiger partial charge in [-0.2, -0.15) is 0 Å². The molecule has 130 valence electrons. The first-order valence-electron chi connectivity index (χ1n) is 8.63. The number of carbonyl (C=O) groups is 1. The maximum Gasteiger partial charge on any atom is 0.315 e. The van der Waals surface area contributed by atoms with Crippen LogP contribution in [-0.4, -0.2) is 43.8 Å². The molecule has 2 fully saturated rings. The fourth-order valence-corrected chi connectivity index (χ4v) is 4.46. The van der Waals surface area contributed by atoms with Gasteiger partial charge >= 0.3 is 6.03 Å². The van der Waals surface area contributed by atoms with Crippen LogP contribution in [0.1, 0.15) is 52.9 Å². The summed E-state index contributed by atoms with van der Waals surface area (Å²) in [5.41, 5.74) is 0.0595. The van der Waals surface area contributed by atoms with Crippen LogP contribution in [0.4, 0.5) is 4.79 Å². The molecule has 1 aliphatic heterocycles. The molecular weight excluding hydrogens is 292 g/mol. The predicted molar refractivity (Wildman–Crippen MR) is 90.1 cm³/mol. The first-order valence-corrected chi connectivity index (χ1v) is 8.63. The van der Waals surface area contributed by atoms with Crippen molar-refractivity contribution in [2.24, 2.45) is 15.8 Å². The number of nitrogens with zero attached hydrogens (tertiary/aromatic N) is 1. The fraction of sp³-hybridized carbons (Fsp3) is 0.882. The van der Waals surface area contributed by atoms with Crippen molar-refractivity contribution in [3.63, 3.8) is 0 Å². The molecule has 1 aliphatic carbocycles. The van der Waals surface area contributed by atoms with E-state index in [1.807, 2.05) is 0 Å². The van der Waals surface area contributed by atoms with Crippen molar-refractivity contribution in [1.82, 2.24) is 16.0 Å². The summed E-state index contributed by atoms with van der Waals surface area (Å²) < 4.78 is 0. The third-order valence-electron chi connectivity index (χ3n) is 4.98. The molecule has 0 spiro atoms. The van der Waals surface area contributed by atoms with E-state index in [2.05, 4.69) is 41.7 Å². The average molecular weight is 322 g/mol. The second-order valence-electron chi connectivity index (χ2n) is 8.31. The van der Waals surface area contributed by atoms with Gasteiger partial charge in [0, 0.05) is 12.1 Å². The van der Waals surface area contributed by atoms with Gasteiger partial charge in [-0.05, 0) is 56.0 Å². The van der Waals surface area contributed by atoms with E-state index in [0.29, 0.717) is 6.54 Å². The van der Waals surface area contributed by atoms with Crippen molar-refractivity contribution in [2.45, 2.75) is 65.0 Å². The molecule has 2 unspecified atom stereocenters. The van der Waals surface area contributed by atoms with E-state index in [4.69, 9.17) is 0 Å². The number of hydrogen-bond donors (Lipinski definition) is 3. The third-order valence-corrected chi connectivity index (χ3v) is 4.98. The Hall–Kier alpha value is -1.39. The molecular formula is C17H30N4O2. The van der Waals surface area contributed by atoms with Gasteiger partial charge in [0.2, 0.25) is 6.08 Å². The second-order valence-corrected chi connectivity index (χ2v) is 8.31. The SMILES string of the molecule is CC1(C)CC(NC(=O)NC2CCNCC2)CC(C)(CN=C=O)C1. The van der Waals surface area contributed by atoms with Gasteiger partial charge in [0.1, 0.15) is 0 Å². The van der Waals surface area contributed by atoms with E-state index >= 15 is 0 Å². The van der Waals surface area contributed by atoms with Gasteiger partial charge < -0.3 is 16.0 Å². The number of piperidine rings is 1. The summed E-state index contributed by atoms with van der Waals surface area (Å²) in [7, 11) is 0. The standard InChI is InChI=1S/C17H30N4O2/c1-16(2)8-14(9-17(3,10-16)11-19-12-22)21-15(23)20-13-4-6-18-7-5-13/h13-14,18H,4-11H2,1-3H3,(H2,20,21,23). The lowest BCUT2D eigenvalue weighted by Gasteiger charge is -2.46. The number of isocyanates is 1. The number of urea groups is 1. The average Bonchev–Trinajstić information content (AvgIpc) is 2.44. The maximum absolute atomic E-state index is 12.3. The molecule has 0 bridgehead atoms. The van der Waals surface area contributed by atoms with Gasteiger partial charge in [0.25, 0.3) is 0 Å². The van der Waals surface area contributed by atoms with E-state index in [-0.39, 0.29) is 28.9 Å². The number of nitrogens with one attached hydrogen (secondary N) is 3. The summed E-state index contributed by atoms with van der Waals surface area (Å²) in [5.74, 6) is 0. The highest BCUT2D eigenvalue weighted by Crippen LogP contribution is 2.46. The van der Waals surface area contributed by atoms with E-state index < -0.39 is 0 Å². The van der Waals surface area contributed by atoms with Crippen molar-refractivity contribution in [3.8, 4) is 0 Å². The molecule has 6 nitrogen and oxygen atoms in total.